The van der Waals surface area contributed by atoms with E-state index in [1.165, 1.54) is 80.8 Å². The standard InChI is InChI=1S/C71H125N11O13/c1-26-28-29-47(14)62(86)61-64(88)72-51(27-2)67(91)75(19)50(17)66(90)80(24)60(46(13)30-31-57(85)82-34-32-74(18)33-35-82)63(87)73-58(44(9)10)70(94)76(20)52(36-41(3)4)56(84)39-48(15)55(83)40-49(16)65(89)77(21)53(37-42(5)6)68(92)78(22)54(38-43(7)8)69(93)79(23)59(45(11)12)71(95)81(61)25/h26,28,41-54,58-62,86H,27,29-40H2,1-25H3,(H,72,88)(H,73,87)/b28-26+/t46-,47-,48-,49+,50-,51+,52+,53+,54+,58+,59+,60+,61+,62-/m1/s1. The van der Waals surface area contributed by atoms with E-state index in [0.717, 1.165) is 9.80 Å². The van der Waals surface area contributed by atoms with Crippen molar-refractivity contribution in [3.8, 4) is 0 Å². The second-order valence-corrected chi connectivity index (χ2v) is 29.6. The maximum Gasteiger partial charge on any atom is 0.246 e. The molecule has 0 spiro atoms. The van der Waals surface area contributed by atoms with Gasteiger partial charge in [-0.25, -0.2) is 0 Å². The number of hydrogen-bond acceptors (Lipinski definition) is 14. The number of likely N-dealkylation sites (N-methyl/N-ethyl adjacent to an activating group) is 8. The zero-order chi connectivity index (χ0) is 73.1. The molecule has 0 aliphatic carbocycles. The second kappa shape index (κ2) is 38.6. The maximum absolute atomic E-state index is 15.3. The summed E-state index contributed by atoms with van der Waals surface area (Å²) in [5, 5.41) is 18.0. The number of Topliss-reactive ketones (excluding diaryl/α,β-unsaturated/α-hetero) is 2. The monoisotopic (exact) mass is 1340 g/mol. The molecule has 0 aromatic rings. The Kier molecular flexibility index (Phi) is 34.4. The van der Waals surface area contributed by atoms with E-state index in [-0.39, 0.29) is 75.0 Å². The summed E-state index contributed by atoms with van der Waals surface area (Å²) >= 11 is 0. The summed E-state index contributed by atoms with van der Waals surface area (Å²) in [4.78, 5) is 190. The van der Waals surface area contributed by atoms with Crippen LogP contribution in [0.2, 0.25) is 0 Å². The Bertz CT molecular complexity index is 2660. The van der Waals surface area contributed by atoms with Gasteiger partial charge in [0.25, 0.3) is 0 Å². The smallest absolute Gasteiger partial charge is 0.246 e. The molecule has 2 fully saturated rings. The number of amides is 10. The summed E-state index contributed by atoms with van der Waals surface area (Å²) in [7, 11) is 12.0. The molecule has 2 saturated heterocycles. The molecule has 10 amide bonds. The lowest BCUT2D eigenvalue weighted by Crippen LogP contribution is -2.64. The Morgan fingerprint density at radius 3 is 1.44 bits per heavy atom. The van der Waals surface area contributed by atoms with E-state index in [2.05, 4.69) is 15.5 Å². The summed E-state index contributed by atoms with van der Waals surface area (Å²) in [6.07, 6.45) is 2.51. The minimum Gasteiger partial charge on any atom is -0.390 e. The van der Waals surface area contributed by atoms with Crippen molar-refractivity contribution < 1.29 is 62.6 Å². The molecule has 2 aliphatic rings. The summed E-state index contributed by atoms with van der Waals surface area (Å²) < 4.78 is 0. The molecule has 3 N–H and O–H groups in total. The number of allylic oxidation sites excluding steroid dienone is 2. The van der Waals surface area contributed by atoms with Crippen LogP contribution in [-0.4, -0.2) is 263 Å². The molecular weight excluding hydrogens is 1210 g/mol. The SMILES string of the molecule is C/C=C/C[C@@H](C)[C@@H](O)[C@H]1C(=O)N[C@@H](CC)C(=O)N(C)[C@H](C)C(=O)N(C)[C@@H]([C@H](C)CCC(=O)N2CCN(C)CC2)C(=O)N[C@@H](C(C)C)C(=O)N(C)[C@@H](CC(C)C)C(=O)C[C@@H](C)C(=O)C[C@H](C)C(=O)N(C)[C@@H](CC(C)C)C(=O)N(C)[C@@H](CC(C)C)C(=O)N(C)[C@@H](C(C)C)C(=O)N1C. The van der Waals surface area contributed by atoms with Gasteiger partial charge in [0, 0.05) is 107 Å². The lowest BCUT2D eigenvalue weighted by molar-refractivity contribution is -0.157. The van der Waals surface area contributed by atoms with E-state index in [4.69, 9.17) is 0 Å². The van der Waals surface area contributed by atoms with E-state index in [0.29, 0.717) is 32.6 Å². The Balaban J connectivity index is 3.05. The van der Waals surface area contributed by atoms with Crippen LogP contribution >= 0.6 is 0 Å². The highest BCUT2D eigenvalue weighted by Gasteiger charge is 2.47. The number of ketones is 2. The fourth-order valence-corrected chi connectivity index (χ4v) is 13.0. The van der Waals surface area contributed by atoms with Gasteiger partial charge in [-0.3, -0.25) is 57.5 Å². The first-order chi connectivity index (χ1) is 44.0. The first-order valence-corrected chi connectivity index (χ1v) is 34.8. The average molecular weight is 1340 g/mol. The first kappa shape index (κ1) is 84.8. The molecule has 14 atom stereocenters. The van der Waals surface area contributed by atoms with Gasteiger partial charge in [-0.15, -0.1) is 0 Å². The zero-order valence-electron chi connectivity index (χ0n) is 62.7. The molecule has 95 heavy (non-hydrogen) atoms. The molecule has 542 valence electrons. The lowest BCUT2D eigenvalue weighted by atomic mass is 9.88. The number of rotatable bonds is 17. The highest BCUT2D eigenvalue weighted by Crippen LogP contribution is 2.28. The number of nitrogens with one attached hydrogen (secondary N) is 2. The quantitative estimate of drug-likeness (QED) is 0.162. The molecule has 0 aromatic carbocycles. The third kappa shape index (κ3) is 23.2. The number of piperazine rings is 1. The summed E-state index contributed by atoms with van der Waals surface area (Å²) in [6.45, 7) is 32.2. The number of aliphatic hydroxyl groups excluding tert-OH is 1. The van der Waals surface area contributed by atoms with Crippen molar-refractivity contribution in [3.63, 3.8) is 0 Å². The van der Waals surface area contributed by atoms with Gasteiger partial charge in [0.2, 0.25) is 59.1 Å². The third-order valence-corrected chi connectivity index (χ3v) is 19.6. The topological polar surface area (TPSA) is 278 Å². The normalized spacial score (nSPS) is 27.7. The number of carbonyl (C=O) groups is 12. The molecule has 24 nitrogen and oxygen atoms in total. The fourth-order valence-electron chi connectivity index (χ4n) is 13.0. The molecular formula is C71H125N11O13. The van der Waals surface area contributed by atoms with Crippen LogP contribution in [0, 0.1) is 53.3 Å². The predicted octanol–water partition coefficient (Wildman–Crippen LogP) is 4.98. The predicted molar refractivity (Wildman–Crippen MR) is 368 cm³/mol. The molecule has 2 aliphatic heterocycles. The number of hydrogen-bond donors (Lipinski definition) is 3. The molecule has 24 heteroatoms. The lowest BCUT2D eigenvalue weighted by Gasteiger charge is -2.41. The van der Waals surface area contributed by atoms with E-state index in [1.807, 2.05) is 54.7 Å². The summed E-state index contributed by atoms with van der Waals surface area (Å²) in [5.74, 6) is -11.7. The van der Waals surface area contributed by atoms with Gasteiger partial charge in [-0.1, -0.05) is 116 Å². The zero-order valence-corrected chi connectivity index (χ0v) is 62.7. The Labute approximate surface area is 569 Å². The Morgan fingerprint density at radius 2 is 0.958 bits per heavy atom. The maximum atomic E-state index is 15.3. The van der Waals surface area contributed by atoms with E-state index in [1.54, 1.807) is 80.2 Å². The summed E-state index contributed by atoms with van der Waals surface area (Å²) in [6, 6.07) is -11.4. The number of carbonyl (C=O) groups excluding carboxylic acids is 12. The van der Waals surface area contributed by atoms with E-state index < -0.39 is 161 Å². The van der Waals surface area contributed by atoms with Crippen LogP contribution in [0.4, 0.5) is 0 Å². The molecule has 0 bridgehead atoms. The fraction of sp³-hybridized carbons (Fsp3) is 0.803. The van der Waals surface area contributed by atoms with E-state index >= 15 is 28.8 Å². The van der Waals surface area contributed by atoms with Crippen molar-refractivity contribution in [2.75, 3.05) is 82.6 Å². The molecule has 2 heterocycles. The second-order valence-electron chi connectivity index (χ2n) is 29.6. The van der Waals surface area contributed by atoms with Crippen LogP contribution in [-0.2, 0) is 57.5 Å². The van der Waals surface area contributed by atoms with Crippen molar-refractivity contribution in [2.45, 2.75) is 236 Å². The van der Waals surface area contributed by atoms with Crippen LogP contribution in [0.5, 0.6) is 0 Å². The molecule has 0 aromatic heterocycles. The Hall–Kier alpha value is -6.30. The molecule has 0 unspecified atom stereocenters. The highest BCUT2D eigenvalue weighted by molar-refractivity contribution is 6.00. The summed E-state index contributed by atoms with van der Waals surface area (Å²) in [5.41, 5.74) is 0. The van der Waals surface area contributed by atoms with Crippen LogP contribution in [0.1, 0.15) is 175 Å². The van der Waals surface area contributed by atoms with Gasteiger partial charge >= 0.3 is 0 Å². The van der Waals surface area contributed by atoms with Crippen LogP contribution in [0.25, 0.3) is 0 Å². The third-order valence-electron chi connectivity index (χ3n) is 19.6. The molecule has 0 saturated carbocycles. The van der Waals surface area contributed by atoms with Crippen LogP contribution in [0.3, 0.4) is 0 Å². The number of aliphatic hydroxyl groups is 1. The van der Waals surface area contributed by atoms with Gasteiger partial charge in [0.1, 0.15) is 54.1 Å². The minimum absolute atomic E-state index is 0.0140. The first-order valence-electron chi connectivity index (χ1n) is 34.8. The van der Waals surface area contributed by atoms with Gasteiger partial charge in [-0.2, -0.15) is 0 Å². The minimum atomic E-state index is -1.64. The van der Waals surface area contributed by atoms with Crippen LogP contribution < -0.4 is 10.6 Å². The van der Waals surface area contributed by atoms with Crippen molar-refractivity contribution >= 4 is 70.6 Å². The van der Waals surface area contributed by atoms with Gasteiger partial charge in [0.05, 0.1) is 12.1 Å². The van der Waals surface area contributed by atoms with E-state index in [9.17, 15) is 33.9 Å². The largest absolute Gasteiger partial charge is 0.390 e. The van der Waals surface area contributed by atoms with Crippen LogP contribution in [0.15, 0.2) is 12.2 Å². The van der Waals surface area contributed by atoms with Gasteiger partial charge in [0.15, 0.2) is 5.78 Å². The highest BCUT2D eigenvalue weighted by atomic mass is 16.3. The van der Waals surface area contributed by atoms with Gasteiger partial charge < -0.3 is 59.8 Å². The van der Waals surface area contributed by atoms with Crippen molar-refractivity contribution in [3.05, 3.63) is 12.2 Å². The number of nitrogens with zero attached hydrogens (tertiary/aromatic N) is 9. The van der Waals surface area contributed by atoms with Crippen molar-refractivity contribution in [2.24, 2.45) is 53.3 Å². The molecule has 0 radical (unpaired) electrons. The molecule has 2 rings (SSSR count). The van der Waals surface area contributed by atoms with Gasteiger partial charge in [-0.05, 0) is 101 Å². The average Bonchev–Trinajstić information content (AvgIpc) is 0.822. The van der Waals surface area contributed by atoms with Crippen molar-refractivity contribution in [1.82, 2.24) is 54.7 Å². The van der Waals surface area contributed by atoms with Crippen molar-refractivity contribution in [1.29, 1.82) is 0 Å². The Morgan fingerprint density at radius 1 is 0.505 bits per heavy atom.